The van der Waals surface area contributed by atoms with Crippen LogP contribution in [0.1, 0.15) is 43.9 Å². The van der Waals surface area contributed by atoms with E-state index >= 15 is 0 Å². The topological polar surface area (TPSA) is 64.9 Å². The number of halogens is 1. The van der Waals surface area contributed by atoms with Crippen molar-refractivity contribution in [2.75, 3.05) is 18.5 Å². The molecule has 0 radical (unpaired) electrons. The number of aryl methyl sites for hydroxylation is 1. The molecule has 1 atom stereocenters. The first-order valence-electron chi connectivity index (χ1n) is 9.58. The fourth-order valence-electron chi connectivity index (χ4n) is 2.76. The third-order valence-electron chi connectivity index (χ3n) is 4.73. The van der Waals surface area contributed by atoms with E-state index in [1.165, 1.54) is 11.9 Å². The first-order chi connectivity index (χ1) is 13.6. The molecule has 1 unspecified atom stereocenters. The SMILES string of the molecule is CCC(C)c1ccc(-n2ccc(OCCCNc3ncnc(C)c3Cl)n2)cc1. The van der Waals surface area contributed by atoms with Gasteiger partial charge < -0.3 is 10.1 Å². The van der Waals surface area contributed by atoms with Crippen LogP contribution in [0.3, 0.4) is 0 Å². The van der Waals surface area contributed by atoms with Crippen LogP contribution in [0.25, 0.3) is 5.69 Å². The van der Waals surface area contributed by atoms with Crippen molar-refractivity contribution in [3.8, 4) is 11.6 Å². The molecule has 0 fully saturated rings. The molecule has 6 nitrogen and oxygen atoms in total. The van der Waals surface area contributed by atoms with Crippen molar-refractivity contribution in [1.29, 1.82) is 0 Å². The zero-order valence-corrected chi connectivity index (χ0v) is 17.3. The highest BCUT2D eigenvalue weighted by atomic mass is 35.5. The number of hydrogen-bond donors (Lipinski definition) is 1. The van der Waals surface area contributed by atoms with Gasteiger partial charge in [0, 0.05) is 18.8 Å². The van der Waals surface area contributed by atoms with Gasteiger partial charge in [-0.15, -0.1) is 5.10 Å². The quantitative estimate of drug-likeness (QED) is 0.512. The highest BCUT2D eigenvalue weighted by Crippen LogP contribution is 2.21. The Morgan fingerprint density at radius 3 is 2.71 bits per heavy atom. The second-order valence-corrected chi connectivity index (χ2v) is 7.13. The largest absolute Gasteiger partial charge is 0.477 e. The van der Waals surface area contributed by atoms with Crippen molar-refractivity contribution in [2.45, 2.75) is 39.5 Å². The van der Waals surface area contributed by atoms with E-state index in [0.717, 1.165) is 24.2 Å². The van der Waals surface area contributed by atoms with Crippen molar-refractivity contribution in [3.05, 3.63) is 59.1 Å². The van der Waals surface area contributed by atoms with Gasteiger partial charge in [-0.25, -0.2) is 14.6 Å². The Morgan fingerprint density at radius 1 is 1.18 bits per heavy atom. The molecule has 148 valence electrons. The molecule has 7 heteroatoms. The summed E-state index contributed by atoms with van der Waals surface area (Å²) in [5.74, 6) is 1.83. The summed E-state index contributed by atoms with van der Waals surface area (Å²) in [7, 11) is 0. The molecule has 0 saturated heterocycles. The predicted octanol–water partition coefficient (Wildman–Crippen LogP) is 5.02. The molecule has 0 spiro atoms. The number of benzene rings is 1. The van der Waals surface area contributed by atoms with E-state index in [9.17, 15) is 0 Å². The number of nitrogens with zero attached hydrogens (tertiary/aromatic N) is 4. The van der Waals surface area contributed by atoms with E-state index < -0.39 is 0 Å². The molecule has 28 heavy (non-hydrogen) atoms. The van der Waals surface area contributed by atoms with Crippen LogP contribution >= 0.6 is 11.6 Å². The standard InChI is InChI=1S/C21H26ClN5O/c1-4-15(2)17-6-8-18(9-7-17)27-12-10-19(26-27)28-13-5-11-23-21-20(22)16(3)24-14-25-21/h6-10,12,14-15H,4-5,11,13H2,1-3H3,(H,23,24,25). The molecule has 2 heterocycles. The minimum Gasteiger partial charge on any atom is -0.477 e. The fourth-order valence-corrected chi connectivity index (χ4v) is 2.92. The lowest BCUT2D eigenvalue weighted by atomic mass is 9.99. The van der Waals surface area contributed by atoms with Gasteiger partial charge in [0.05, 0.1) is 18.0 Å². The second kappa shape index (κ2) is 9.55. The van der Waals surface area contributed by atoms with Crippen molar-refractivity contribution < 1.29 is 4.74 Å². The number of hydrogen-bond acceptors (Lipinski definition) is 5. The zero-order valence-electron chi connectivity index (χ0n) is 16.5. The van der Waals surface area contributed by atoms with E-state index in [4.69, 9.17) is 16.3 Å². The van der Waals surface area contributed by atoms with Crippen LogP contribution in [0.5, 0.6) is 5.88 Å². The third-order valence-corrected chi connectivity index (χ3v) is 5.18. The maximum atomic E-state index is 6.17. The van der Waals surface area contributed by atoms with Crippen LogP contribution in [0.4, 0.5) is 5.82 Å². The third kappa shape index (κ3) is 5.01. The lowest BCUT2D eigenvalue weighted by molar-refractivity contribution is 0.301. The molecule has 3 rings (SSSR count). The molecular formula is C21H26ClN5O. The van der Waals surface area contributed by atoms with Crippen molar-refractivity contribution >= 4 is 17.4 Å². The molecule has 0 saturated carbocycles. The van der Waals surface area contributed by atoms with Crippen LogP contribution < -0.4 is 10.1 Å². The van der Waals surface area contributed by atoms with Gasteiger partial charge in [-0.3, -0.25) is 0 Å². The summed E-state index contributed by atoms with van der Waals surface area (Å²) in [6.45, 7) is 7.55. The van der Waals surface area contributed by atoms with Crippen molar-refractivity contribution in [3.63, 3.8) is 0 Å². The molecule has 2 aromatic heterocycles. The van der Waals surface area contributed by atoms with E-state index in [0.29, 0.717) is 35.8 Å². The predicted molar refractivity (Wildman–Crippen MR) is 113 cm³/mol. The summed E-state index contributed by atoms with van der Waals surface area (Å²) in [4.78, 5) is 8.19. The van der Waals surface area contributed by atoms with Gasteiger partial charge in [0.15, 0.2) is 0 Å². The zero-order chi connectivity index (χ0) is 19.9. The molecule has 0 bridgehead atoms. The van der Waals surface area contributed by atoms with Gasteiger partial charge in [-0.2, -0.15) is 0 Å². The summed E-state index contributed by atoms with van der Waals surface area (Å²) in [6.07, 6.45) is 5.35. The Labute approximate surface area is 170 Å². The molecule has 0 aliphatic rings. The second-order valence-electron chi connectivity index (χ2n) is 6.75. The first kappa shape index (κ1) is 20.1. The molecule has 0 amide bonds. The van der Waals surface area contributed by atoms with Crippen molar-refractivity contribution in [1.82, 2.24) is 19.7 Å². The Kier molecular flexibility index (Phi) is 6.87. The van der Waals surface area contributed by atoms with Gasteiger partial charge in [0.25, 0.3) is 0 Å². The molecule has 0 aliphatic heterocycles. The summed E-state index contributed by atoms with van der Waals surface area (Å²) < 4.78 is 7.57. The molecule has 3 aromatic rings. The number of ether oxygens (including phenoxy) is 1. The van der Waals surface area contributed by atoms with E-state index in [1.807, 2.05) is 23.9 Å². The maximum absolute atomic E-state index is 6.17. The average Bonchev–Trinajstić information content (AvgIpc) is 3.19. The lowest BCUT2D eigenvalue weighted by Crippen LogP contribution is -2.09. The van der Waals surface area contributed by atoms with Crippen LogP contribution in [-0.2, 0) is 0 Å². The molecule has 1 N–H and O–H groups in total. The Morgan fingerprint density at radius 2 is 1.96 bits per heavy atom. The minimum absolute atomic E-state index is 0.554. The van der Waals surface area contributed by atoms with Gasteiger partial charge >= 0.3 is 0 Å². The van der Waals surface area contributed by atoms with Crippen LogP contribution in [0.2, 0.25) is 5.02 Å². The molecule has 1 aromatic carbocycles. The number of nitrogens with one attached hydrogen (secondary N) is 1. The Hall–Kier alpha value is -2.60. The van der Waals surface area contributed by atoms with Gasteiger partial charge in [-0.1, -0.05) is 37.6 Å². The smallest absolute Gasteiger partial charge is 0.233 e. The Balaban J connectivity index is 1.46. The Bertz CT molecular complexity index is 894. The summed E-state index contributed by atoms with van der Waals surface area (Å²) in [5, 5.41) is 8.25. The lowest BCUT2D eigenvalue weighted by Gasteiger charge is -2.10. The monoisotopic (exact) mass is 399 g/mol. The van der Waals surface area contributed by atoms with Crippen LogP contribution in [-0.4, -0.2) is 32.9 Å². The normalized spacial score (nSPS) is 12.0. The minimum atomic E-state index is 0.554. The summed E-state index contributed by atoms with van der Waals surface area (Å²) in [5.41, 5.74) is 3.14. The van der Waals surface area contributed by atoms with Crippen LogP contribution in [0.15, 0.2) is 42.9 Å². The van der Waals surface area contributed by atoms with Gasteiger partial charge in [0.2, 0.25) is 5.88 Å². The van der Waals surface area contributed by atoms with E-state index in [-0.39, 0.29) is 0 Å². The van der Waals surface area contributed by atoms with Gasteiger partial charge in [0.1, 0.15) is 17.2 Å². The first-order valence-corrected chi connectivity index (χ1v) is 9.96. The van der Waals surface area contributed by atoms with E-state index in [1.54, 1.807) is 0 Å². The fraction of sp³-hybridized carbons (Fsp3) is 0.381. The highest BCUT2D eigenvalue weighted by Gasteiger charge is 2.06. The van der Waals surface area contributed by atoms with Gasteiger partial charge in [-0.05, 0) is 43.4 Å². The summed E-state index contributed by atoms with van der Waals surface area (Å²) >= 11 is 6.17. The van der Waals surface area contributed by atoms with Crippen LogP contribution in [0, 0.1) is 6.92 Å². The van der Waals surface area contributed by atoms with E-state index in [2.05, 4.69) is 58.5 Å². The number of anilines is 1. The molecule has 0 aliphatic carbocycles. The highest BCUT2D eigenvalue weighted by molar-refractivity contribution is 6.33. The average molecular weight is 400 g/mol. The maximum Gasteiger partial charge on any atom is 0.233 e. The number of aromatic nitrogens is 4. The summed E-state index contributed by atoms with van der Waals surface area (Å²) in [6, 6.07) is 10.4. The molecular weight excluding hydrogens is 374 g/mol. The van der Waals surface area contributed by atoms with Crippen molar-refractivity contribution in [2.24, 2.45) is 0 Å². The number of rotatable bonds is 9.